The first-order valence-electron chi connectivity index (χ1n) is 8.22. The number of ether oxygens (including phenoxy) is 1. The topological polar surface area (TPSA) is 80.0 Å². The van der Waals surface area contributed by atoms with Crippen LogP contribution < -0.4 is 4.74 Å². The number of hydrogen-bond acceptors (Lipinski definition) is 6. The fourth-order valence-electron chi connectivity index (χ4n) is 2.83. The number of hydrogen-bond donors (Lipinski definition) is 2. The minimum Gasteiger partial charge on any atom is -0.472 e. The van der Waals surface area contributed by atoms with E-state index in [0.29, 0.717) is 12.3 Å². The number of benzene rings is 1. The lowest BCUT2D eigenvalue weighted by Gasteiger charge is -2.39. The first-order chi connectivity index (χ1) is 11.6. The van der Waals surface area contributed by atoms with Gasteiger partial charge in [0.1, 0.15) is 11.9 Å². The van der Waals surface area contributed by atoms with Gasteiger partial charge in [-0.2, -0.15) is 5.26 Å². The number of nitrogens with zero attached hydrogens (tertiary/aromatic N) is 3. The maximum absolute atomic E-state index is 10.1. The number of aliphatic hydroxyl groups is 2. The van der Waals surface area contributed by atoms with Gasteiger partial charge >= 0.3 is 0 Å². The molecule has 0 amide bonds. The van der Waals surface area contributed by atoms with E-state index < -0.39 is 12.3 Å². The van der Waals surface area contributed by atoms with Gasteiger partial charge in [-0.1, -0.05) is 12.1 Å². The average molecular weight is 331 g/mol. The van der Waals surface area contributed by atoms with Gasteiger partial charge < -0.3 is 14.9 Å². The van der Waals surface area contributed by atoms with Crippen molar-refractivity contribution in [3.8, 4) is 11.8 Å². The van der Waals surface area contributed by atoms with E-state index in [1.54, 1.807) is 13.0 Å². The predicted octanol–water partition coefficient (Wildman–Crippen LogP) is 0.919. The SMILES string of the molecule is CC(O)C(Oc1cccc(C=CC#N)c1)N1CCN(CCO)CC1. The minimum absolute atomic E-state index is 0.166. The molecule has 1 saturated heterocycles. The summed E-state index contributed by atoms with van der Waals surface area (Å²) in [4.78, 5) is 4.32. The summed E-state index contributed by atoms with van der Waals surface area (Å²) in [5, 5.41) is 27.8. The Bertz CT molecular complexity index is 575. The quantitative estimate of drug-likeness (QED) is 0.723. The third kappa shape index (κ3) is 5.32. The van der Waals surface area contributed by atoms with Crippen LogP contribution >= 0.6 is 0 Å². The molecule has 2 atom stereocenters. The summed E-state index contributed by atoms with van der Waals surface area (Å²) in [5.74, 6) is 0.666. The number of allylic oxidation sites excluding steroid dienone is 1. The molecule has 1 fully saturated rings. The molecule has 1 aromatic carbocycles. The Balaban J connectivity index is 2.02. The fourth-order valence-corrected chi connectivity index (χ4v) is 2.83. The van der Waals surface area contributed by atoms with Gasteiger partial charge in [0.2, 0.25) is 0 Å². The predicted molar refractivity (Wildman–Crippen MR) is 92.3 cm³/mol. The smallest absolute Gasteiger partial charge is 0.178 e. The standard InChI is InChI=1S/C18H25N3O3/c1-15(23)18(21-10-8-20(9-11-21)12-13-22)24-17-6-2-4-16(14-17)5-3-7-19/h2-6,14-15,18,22-23H,8-13H2,1H3. The van der Waals surface area contributed by atoms with E-state index >= 15 is 0 Å². The number of piperazine rings is 1. The summed E-state index contributed by atoms with van der Waals surface area (Å²) in [5.41, 5.74) is 0.881. The van der Waals surface area contributed by atoms with Gasteiger partial charge in [-0.25, -0.2) is 0 Å². The Morgan fingerprint density at radius 2 is 2.08 bits per heavy atom. The van der Waals surface area contributed by atoms with E-state index in [2.05, 4.69) is 9.80 Å². The summed E-state index contributed by atoms with van der Waals surface area (Å²) < 4.78 is 6.02. The minimum atomic E-state index is -0.632. The van der Waals surface area contributed by atoms with Crippen LogP contribution in [-0.2, 0) is 0 Å². The van der Waals surface area contributed by atoms with Crippen LogP contribution in [0.15, 0.2) is 30.3 Å². The highest BCUT2D eigenvalue weighted by atomic mass is 16.5. The zero-order valence-corrected chi connectivity index (χ0v) is 14.0. The lowest BCUT2D eigenvalue weighted by atomic mass is 10.2. The normalized spacial score (nSPS) is 19.1. The third-order valence-corrected chi connectivity index (χ3v) is 4.06. The summed E-state index contributed by atoms with van der Waals surface area (Å²) >= 11 is 0. The molecule has 0 aromatic heterocycles. The molecule has 1 heterocycles. The monoisotopic (exact) mass is 331 g/mol. The first kappa shape index (κ1) is 18.4. The molecule has 130 valence electrons. The van der Waals surface area contributed by atoms with Gasteiger partial charge in [-0.3, -0.25) is 9.80 Å². The fraction of sp³-hybridized carbons (Fsp3) is 0.500. The maximum atomic E-state index is 10.1. The van der Waals surface area contributed by atoms with Gasteiger partial charge in [0.15, 0.2) is 6.23 Å². The van der Waals surface area contributed by atoms with Crippen LogP contribution in [0.2, 0.25) is 0 Å². The molecule has 0 bridgehead atoms. The highest BCUT2D eigenvalue weighted by molar-refractivity contribution is 5.53. The van der Waals surface area contributed by atoms with E-state index in [0.717, 1.165) is 31.7 Å². The molecule has 1 aromatic rings. The maximum Gasteiger partial charge on any atom is 0.178 e. The molecule has 0 saturated carbocycles. The Kier molecular flexibility index (Phi) is 7.22. The first-order valence-corrected chi connectivity index (χ1v) is 8.22. The van der Waals surface area contributed by atoms with Crippen LogP contribution in [0.25, 0.3) is 6.08 Å². The van der Waals surface area contributed by atoms with E-state index in [4.69, 9.17) is 15.1 Å². The third-order valence-electron chi connectivity index (χ3n) is 4.06. The van der Waals surface area contributed by atoms with Crippen LogP contribution in [0.3, 0.4) is 0 Å². The lowest BCUT2D eigenvalue weighted by molar-refractivity contribution is -0.0752. The van der Waals surface area contributed by atoms with Crippen molar-refractivity contribution >= 4 is 6.08 Å². The number of aliphatic hydroxyl groups excluding tert-OH is 2. The van der Waals surface area contributed by atoms with Crippen LogP contribution in [0.5, 0.6) is 5.75 Å². The van der Waals surface area contributed by atoms with Crippen LogP contribution in [0.1, 0.15) is 12.5 Å². The van der Waals surface area contributed by atoms with Crippen LogP contribution in [-0.4, -0.2) is 71.7 Å². The highest BCUT2D eigenvalue weighted by Crippen LogP contribution is 2.19. The van der Waals surface area contributed by atoms with Crippen molar-refractivity contribution in [3.05, 3.63) is 35.9 Å². The van der Waals surface area contributed by atoms with Crippen LogP contribution in [0, 0.1) is 11.3 Å². The van der Waals surface area contributed by atoms with Gasteiger partial charge in [0.05, 0.1) is 12.7 Å². The Labute approximate surface area is 143 Å². The van der Waals surface area contributed by atoms with Crippen molar-refractivity contribution in [3.63, 3.8) is 0 Å². The van der Waals surface area contributed by atoms with E-state index in [1.807, 2.05) is 30.3 Å². The molecule has 6 heteroatoms. The second-order valence-electron chi connectivity index (χ2n) is 5.89. The lowest BCUT2D eigenvalue weighted by Crippen LogP contribution is -2.55. The Morgan fingerprint density at radius 3 is 2.71 bits per heavy atom. The van der Waals surface area contributed by atoms with E-state index in [-0.39, 0.29) is 6.61 Å². The van der Waals surface area contributed by atoms with Gasteiger partial charge in [0, 0.05) is 38.8 Å². The summed E-state index contributed by atoms with van der Waals surface area (Å²) in [6.45, 7) is 5.83. The molecule has 0 radical (unpaired) electrons. The van der Waals surface area contributed by atoms with Crippen molar-refractivity contribution < 1.29 is 14.9 Å². The second-order valence-corrected chi connectivity index (χ2v) is 5.89. The average Bonchev–Trinajstić information content (AvgIpc) is 2.59. The zero-order chi connectivity index (χ0) is 17.4. The molecule has 2 N–H and O–H groups in total. The van der Waals surface area contributed by atoms with Crippen molar-refractivity contribution in [2.75, 3.05) is 39.3 Å². The largest absolute Gasteiger partial charge is 0.472 e. The molecule has 1 aliphatic rings. The van der Waals surface area contributed by atoms with Crippen molar-refractivity contribution in [2.45, 2.75) is 19.3 Å². The summed E-state index contributed by atoms with van der Waals surface area (Å²) in [6, 6.07) is 9.43. The van der Waals surface area contributed by atoms with Crippen LogP contribution in [0.4, 0.5) is 0 Å². The molecule has 2 rings (SSSR count). The molecule has 0 aliphatic carbocycles. The molecule has 24 heavy (non-hydrogen) atoms. The molecular weight excluding hydrogens is 306 g/mol. The summed E-state index contributed by atoms with van der Waals surface area (Å²) in [6.07, 6.45) is 2.09. The number of rotatable bonds is 7. The van der Waals surface area contributed by atoms with Gasteiger partial charge in [-0.15, -0.1) is 0 Å². The molecule has 1 aliphatic heterocycles. The van der Waals surface area contributed by atoms with Gasteiger partial charge in [0.25, 0.3) is 0 Å². The zero-order valence-electron chi connectivity index (χ0n) is 14.0. The molecule has 2 unspecified atom stereocenters. The Hall–Kier alpha value is -1.91. The Morgan fingerprint density at radius 1 is 1.33 bits per heavy atom. The van der Waals surface area contributed by atoms with E-state index in [9.17, 15) is 5.11 Å². The molecule has 0 spiro atoms. The molecule has 6 nitrogen and oxygen atoms in total. The van der Waals surface area contributed by atoms with Gasteiger partial charge in [-0.05, 0) is 30.7 Å². The number of β-amino-alcohol motifs (C(OH)–C–C–N with tert-alkyl or cyclic N) is 1. The molecular formula is C18H25N3O3. The van der Waals surface area contributed by atoms with Crippen molar-refractivity contribution in [1.29, 1.82) is 5.26 Å². The van der Waals surface area contributed by atoms with E-state index in [1.165, 1.54) is 6.08 Å². The summed E-state index contributed by atoms with van der Waals surface area (Å²) in [7, 11) is 0. The van der Waals surface area contributed by atoms with Crippen molar-refractivity contribution in [2.24, 2.45) is 0 Å². The second kappa shape index (κ2) is 9.40. The highest BCUT2D eigenvalue weighted by Gasteiger charge is 2.28. The number of nitriles is 1. The van der Waals surface area contributed by atoms with Crippen molar-refractivity contribution in [1.82, 2.24) is 9.80 Å².